The summed E-state index contributed by atoms with van der Waals surface area (Å²) < 4.78 is 27.7. The van der Waals surface area contributed by atoms with Gasteiger partial charge in [0.2, 0.25) is 0 Å². The Morgan fingerprint density at radius 1 is 1.21 bits per heavy atom. The second kappa shape index (κ2) is 5.80. The summed E-state index contributed by atoms with van der Waals surface area (Å²) >= 11 is 3.40. The second-order valence-corrected chi connectivity index (χ2v) is 5.50. The molecule has 0 aliphatic carbocycles. The van der Waals surface area contributed by atoms with Crippen molar-refractivity contribution in [3.05, 3.63) is 69.2 Å². The van der Waals surface area contributed by atoms with E-state index in [-0.39, 0.29) is 12.5 Å². The van der Waals surface area contributed by atoms with Crippen LogP contribution in [-0.4, -0.2) is 0 Å². The third kappa shape index (κ3) is 3.39. The lowest BCUT2D eigenvalue weighted by Gasteiger charge is -2.14. The molecule has 2 rings (SSSR count). The summed E-state index contributed by atoms with van der Waals surface area (Å²) in [6, 6.07) is 9.61. The Balaban J connectivity index is 2.25. The summed E-state index contributed by atoms with van der Waals surface area (Å²) in [6.45, 7) is 1.96. The standard InChI is InChI=1S/C15H14BrF2N/c1-9-5-11(7-12(16)6-9)14(19)8-10-3-2-4-13(17)15(10)18/h2-7,14H,8,19H2,1H3. The molecule has 0 fully saturated rings. The molecule has 4 heteroatoms. The van der Waals surface area contributed by atoms with Crippen LogP contribution < -0.4 is 5.73 Å². The number of nitrogens with two attached hydrogens (primary N) is 1. The van der Waals surface area contributed by atoms with Crippen molar-refractivity contribution >= 4 is 15.9 Å². The van der Waals surface area contributed by atoms with Crippen molar-refractivity contribution in [2.45, 2.75) is 19.4 Å². The molecular formula is C15H14BrF2N. The molecule has 0 amide bonds. The third-order valence-electron chi connectivity index (χ3n) is 2.96. The number of benzene rings is 2. The number of rotatable bonds is 3. The fourth-order valence-electron chi connectivity index (χ4n) is 2.04. The number of hydrogen-bond acceptors (Lipinski definition) is 1. The molecule has 1 unspecified atom stereocenters. The Morgan fingerprint density at radius 2 is 1.95 bits per heavy atom. The molecule has 2 aromatic rings. The van der Waals surface area contributed by atoms with Crippen LogP contribution in [0.3, 0.4) is 0 Å². The lowest BCUT2D eigenvalue weighted by molar-refractivity contribution is 0.494. The van der Waals surface area contributed by atoms with E-state index >= 15 is 0 Å². The van der Waals surface area contributed by atoms with E-state index < -0.39 is 11.6 Å². The fourth-order valence-corrected chi connectivity index (χ4v) is 2.66. The molecule has 0 aliphatic heterocycles. The molecular weight excluding hydrogens is 312 g/mol. The first-order chi connectivity index (χ1) is 8.97. The van der Waals surface area contributed by atoms with Gasteiger partial charge in [0, 0.05) is 10.5 Å². The maximum Gasteiger partial charge on any atom is 0.162 e. The zero-order chi connectivity index (χ0) is 14.0. The van der Waals surface area contributed by atoms with E-state index in [1.54, 1.807) is 6.07 Å². The first-order valence-electron chi connectivity index (χ1n) is 5.93. The number of halogens is 3. The van der Waals surface area contributed by atoms with Gasteiger partial charge in [0.05, 0.1) is 0 Å². The number of aryl methyl sites for hydroxylation is 1. The first kappa shape index (κ1) is 14.2. The van der Waals surface area contributed by atoms with Gasteiger partial charge in [-0.3, -0.25) is 0 Å². The molecule has 2 aromatic carbocycles. The Kier molecular flexibility index (Phi) is 4.32. The van der Waals surface area contributed by atoms with Crippen LogP contribution in [0.5, 0.6) is 0 Å². The van der Waals surface area contributed by atoms with Gasteiger partial charge in [-0.1, -0.05) is 34.1 Å². The molecule has 0 aromatic heterocycles. The zero-order valence-corrected chi connectivity index (χ0v) is 12.0. The Morgan fingerprint density at radius 3 is 2.63 bits per heavy atom. The molecule has 0 aliphatic rings. The van der Waals surface area contributed by atoms with Crippen molar-refractivity contribution in [2.24, 2.45) is 5.73 Å². The molecule has 0 saturated carbocycles. The minimum absolute atomic E-state index is 0.263. The normalized spacial score (nSPS) is 12.5. The lowest BCUT2D eigenvalue weighted by Crippen LogP contribution is -2.14. The minimum Gasteiger partial charge on any atom is -0.324 e. The maximum absolute atomic E-state index is 13.6. The Hall–Kier alpha value is -1.26. The topological polar surface area (TPSA) is 26.0 Å². The third-order valence-corrected chi connectivity index (χ3v) is 3.42. The summed E-state index contributed by atoms with van der Waals surface area (Å²) in [6.07, 6.45) is 0.263. The predicted molar refractivity (Wildman–Crippen MR) is 75.9 cm³/mol. The van der Waals surface area contributed by atoms with E-state index in [0.717, 1.165) is 21.7 Å². The van der Waals surface area contributed by atoms with Crippen LogP contribution in [0.2, 0.25) is 0 Å². The van der Waals surface area contributed by atoms with Crippen LogP contribution in [0.25, 0.3) is 0 Å². The molecule has 0 bridgehead atoms. The van der Waals surface area contributed by atoms with E-state index in [4.69, 9.17) is 5.73 Å². The Labute approximate surface area is 119 Å². The zero-order valence-electron chi connectivity index (χ0n) is 10.5. The van der Waals surface area contributed by atoms with Gasteiger partial charge in [0.25, 0.3) is 0 Å². The first-order valence-corrected chi connectivity index (χ1v) is 6.72. The molecule has 0 heterocycles. The fraction of sp³-hybridized carbons (Fsp3) is 0.200. The monoisotopic (exact) mass is 325 g/mol. The van der Waals surface area contributed by atoms with Crippen LogP contribution in [0, 0.1) is 18.6 Å². The van der Waals surface area contributed by atoms with E-state index in [9.17, 15) is 8.78 Å². The van der Waals surface area contributed by atoms with Crippen LogP contribution >= 0.6 is 15.9 Å². The van der Waals surface area contributed by atoms with Gasteiger partial charge in [-0.25, -0.2) is 8.78 Å². The van der Waals surface area contributed by atoms with Gasteiger partial charge >= 0.3 is 0 Å². The molecule has 2 N–H and O–H groups in total. The molecule has 1 nitrogen and oxygen atoms in total. The van der Waals surface area contributed by atoms with Gasteiger partial charge < -0.3 is 5.73 Å². The highest BCUT2D eigenvalue weighted by Crippen LogP contribution is 2.23. The largest absolute Gasteiger partial charge is 0.324 e. The highest BCUT2D eigenvalue weighted by atomic mass is 79.9. The summed E-state index contributed by atoms with van der Waals surface area (Å²) in [7, 11) is 0. The van der Waals surface area contributed by atoms with Crippen LogP contribution in [0.1, 0.15) is 22.7 Å². The molecule has 0 saturated heterocycles. The molecule has 19 heavy (non-hydrogen) atoms. The van der Waals surface area contributed by atoms with Gasteiger partial charge in [0.1, 0.15) is 0 Å². The highest BCUT2D eigenvalue weighted by molar-refractivity contribution is 9.10. The van der Waals surface area contributed by atoms with Crippen LogP contribution in [-0.2, 0) is 6.42 Å². The number of hydrogen-bond donors (Lipinski definition) is 1. The van der Waals surface area contributed by atoms with Crippen LogP contribution in [0.4, 0.5) is 8.78 Å². The Bertz CT molecular complexity index is 578. The van der Waals surface area contributed by atoms with E-state index in [1.165, 1.54) is 6.07 Å². The average molecular weight is 326 g/mol. The highest BCUT2D eigenvalue weighted by Gasteiger charge is 2.13. The maximum atomic E-state index is 13.6. The quantitative estimate of drug-likeness (QED) is 0.895. The van der Waals surface area contributed by atoms with E-state index in [2.05, 4.69) is 15.9 Å². The predicted octanol–water partition coefficient (Wildman–Crippen LogP) is 4.28. The average Bonchev–Trinajstić information content (AvgIpc) is 2.33. The summed E-state index contributed by atoms with van der Waals surface area (Å²) in [4.78, 5) is 0. The molecule has 0 spiro atoms. The van der Waals surface area contributed by atoms with Crippen molar-refractivity contribution in [3.8, 4) is 0 Å². The summed E-state index contributed by atoms with van der Waals surface area (Å²) in [5.41, 5.74) is 8.34. The van der Waals surface area contributed by atoms with Gasteiger partial charge in [-0.05, 0) is 48.2 Å². The van der Waals surface area contributed by atoms with Gasteiger partial charge in [-0.15, -0.1) is 0 Å². The van der Waals surface area contributed by atoms with Crippen LogP contribution in [0.15, 0.2) is 40.9 Å². The van der Waals surface area contributed by atoms with Crippen molar-refractivity contribution in [2.75, 3.05) is 0 Å². The van der Waals surface area contributed by atoms with Gasteiger partial charge in [-0.2, -0.15) is 0 Å². The van der Waals surface area contributed by atoms with Crippen molar-refractivity contribution < 1.29 is 8.78 Å². The van der Waals surface area contributed by atoms with Gasteiger partial charge in [0.15, 0.2) is 11.6 Å². The van der Waals surface area contributed by atoms with Crippen molar-refractivity contribution in [3.63, 3.8) is 0 Å². The van der Waals surface area contributed by atoms with E-state index in [1.807, 2.05) is 25.1 Å². The smallest absolute Gasteiger partial charge is 0.162 e. The van der Waals surface area contributed by atoms with Crippen molar-refractivity contribution in [1.82, 2.24) is 0 Å². The SMILES string of the molecule is Cc1cc(Br)cc(C(N)Cc2cccc(F)c2F)c1. The second-order valence-electron chi connectivity index (χ2n) is 4.59. The molecule has 1 atom stereocenters. The summed E-state index contributed by atoms with van der Waals surface area (Å²) in [5.74, 6) is -1.65. The molecule has 100 valence electrons. The lowest BCUT2D eigenvalue weighted by atomic mass is 9.98. The van der Waals surface area contributed by atoms with Crippen molar-refractivity contribution in [1.29, 1.82) is 0 Å². The summed E-state index contributed by atoms with van der Waals surface area (Å²) in [5, 5.41) is 0. The van der Waals surface area contributed by atoms with E-state index in [0.29, 0.717) is 5.56 Å². The molecule has 0 radical (unpaired) electrons. The minimum atomic E-state index is -0.838.